The van der Waals surface area contributed by atoms with E-state index in [-0.39, 0.29) is 0 Å². The summed E-state index contributed by atoms with van der Waals surface area (Å²) >= 11 is 0. The molecule has 3 rings (SSSR count). The van der Waals surface area contributed by atoms with E-state index in [1.807, 2.05) is 42.6 Å². The predicted octanol–water partition coefficient (Wildman–Crippen LogP) is 3.85. The predicted molar refractivity (Wildman–Crippen MR) is 83.4 cm³/mol. The van der Waals surface area contributed by atoms with Gasteiger partial charge in [0.25, 0.3) is 0 Å². The third kappa shape index (κ3) is 2.08. The zero-order chi connectivity index (χ0) is 14.0. The third-order valence-electron chi connectivity index (χ3n) is 3.95. The van der Waals surface area contributed by atoms with Crippen LogP contribution in [0.2, 0.25) is 0 Å². The van der Waals surface area contributed by atoms with Crippen LogP contribution in [0.15, 0.2) is 66.9 Å². The molecule has 0 amide bonds. The summed E-state index contributed by atoms with van der Waals surface area (Å²) in [5.74, 6) is 0. The van der Waals surface area contributed by atoms with Crippen LogP contribution in [0.1, 0.15) is 24.5 Å². The first kappa shape index (κ1) is 12.8. The second-order valence-corrected chi connectivity index (χ2v) is 5.11. The molecule has 2 N–H and O–H groups in total. The highest BCUT2D eigenvalue weighted by Gasteiger charge is 2.27. The Morgan fingerprint density at radius 2 is 1.65 bits per heavy atom. The number of para-hydroxylation sites is 1. The lowest BCUT2D eigenvalue weighted by molar-refractivity contribution is 0.518. The maximum atomic E-state index is 6.69. The van der Waals surface area contributed by atoms with E-state index < -0.39 is 5.54 Å². The van der Waals surface area contributed by atoms with E-state index in [4.69, 9.17) is 5.73 Å². The first-order chi connectivity index (χ1) is 9.74. The minimum absolute atomic E-state index is 0.488. The Kier molecular flexibility index (Phi) is 3.25. The molecule has 3 aromatic rings. The van der Waals surface area contributed by atoms with Crippen LogP contribution in [-0.2, 0) is 5.54 Å². The van der Waals surface area contributed by atoms with Gasteiger partial charge >= 0.3 is 0 Å². The van der Waals surface area contributed by atoms with Gasteiger partial charge in [0.05, 0.1) is 11.1 Å². The molecule has 1 unspecified atom stereocenters. The van der Waals surface area contributed by atoms with E-state index in [0.29, 0.717) is 0 Å². The lowest BCUT2D eigenvalue weighted by atomic mass is 9.82. The van der Waals surface area contributed by atoms with Gasteiger partial charge in [-0.1, -0.05) is 55.5 Å². The van der Waals surface area contributed by atoms with E-state index in [1.165, 1.54) is 0 Å². The molecular formula is C18H18N2. The largest absolute Gasteiger partial charge is 0.318 e. The van der Waals surface area contributed by atoms with Gasteiger partial charge in [0.1, 0.15) is 0 Å². The summed E-state index contributed by atoms with van der Waals surface area (Å²) in [5.41, 5.74) is 9.39. The molecule has 1 heterocycles. The lowest BCUT2D eigenvalue weighted by Gasteiger charge is -2.29. The van der Waals surface area contributed by atoms with Crippen molar-refractivity contribution in [3.05, 3.63) is 78.0 Å². The summed E-state index contributed by atoms with van der Waals surface area (Å²) in [6, 6.07) is 20.5. The smallest absolute Gasteiger partial charge is 0.0702 e. The summed E-state index contributed by atoms with van der Waals surface area (Å²) in [7, 11) is 0. The molecule has 0 bridgehead atoms. The van der Waals surface area contributed by atoms with Gasteiger partial charge in [-0.2, -0.15) is 0 Å². The second-order valence-electron chi connectivity index (χ2n) is 5.11. The highest BCUT2D eigenvalue weighted by atomic mass is 14.8. The fourth-order valence-electron chi connectivity index (χ4n) is 2.63. The number of nitrogens with zero attached hydrogens (tertiary/aromatic N) is 1. The third-order valence-corrected chi connectivity index (χ3v) is 3.95. The molecule has 0 saturated carbocycles. The van der Waals surface area contributed by atoms with E-state index in [9.17, 15) is 0 Å². The molecule has 0 aliphatic rings. The molecule has 0 radical (unpaired) electrons. The Hall–Kier alpha value is -2.19. The lowest BCUT2D eigenvalue weighted by Crippen LogP contribution is -2.37. The Balaban J connectivity index is 2.16. The first-order valence-corrected chi connectivity index (χ1v) is 6.94. The molecule has 20 heavy (non-hydrogen) atoms. The fourth-order valence-corrected chi connectivity index (χ4v) is 2.63. The van der Waals surface area contributed by atoms with Crippen LogP contribution in [0.3, 0.4) is 0 Å². The molecule has 2 heteroatoms. The quantitative estimate of drug-likeness (QED) is 0.778. The van der Waals surface area contributed by atoms with Crippen molar-refractivity contribution in [1.29, 1.82) is 0 Å². The topological polar surface area (TPSA) is 38.9 Å². The molecule has 100 valence electrons. The molecule has 1 aromatic heterocycles. The average Bonchev–Trinajstić information content (AvgIpc) is 2.54. The van der Waals surface area contributed by atoms with Crippen LogP contribution in [0.5, 0.6) is 0 Å². The van der Waals surface area contributed by atoms with Gasteiger partial charge in [-0.05, 0) is 29.7 Å². The van der Waals surface area contributed by atoms with Gasteiger partial charge in [-0.25, -0.2) is 0 Å². The minimum Gasteiger partial charge on any atom is -0.318 e. The van der Waals surface area contributed by atoms with Crippen molar-refractivity contribution in [2.45, 2.75) is 18.9 Å². The van der Waals surface area contributed by atoms with Crippen LogP contribution in [0.25, 0.3) is 10.9 Å². The van der Waals surface area contributed by atoms with E-state index in [2.05, 4.69) is 36.2 Å². The number of benzene rings is 2. The highest BCUT2D eigenvalue weighted by Crippen LogP contribution is 2.31. The second kappa shape index (κ2) is 5.06. The van der Waals surface area contributed by atoms with Gasteiger partial charge in [0, 0.05) is 11.6 Å². The van der Waals surface area contributed by atoms with Gasteiger partial charge in [0.2, 0.25) is 0 Å². The fraction of sp³-hybridized carbons (Fsp3) is 0.167. The molecule has 0 saturated heterocycles. The SMILES string of the molecule is CCC(N)(c1ccccc1)c1cnc2ccccc2c1. The van der Waals surface area contributed by atoms with Gasteiger partial charge in [-0.3, -0.25) is 4.98 Å². The molecule has 0 fully saturated rings. The Morgan fingerprint density at radius 3 is 2.40 bits per heavy atom. The summed E-state index contributed by atoms with van der Waals surface area (Å²) in [6.07, 6.45) is 2.73. The minimum atomic E-state index is -0.488. The van der Waals surface area contributed by atoms with Crippen molar-refractivity contribution < 1.29 is 0 Å². The van der Waals surface area contributed by atoms with Crippen LogP contribution >= 0.6 is 0 Å². The van der Waals surface area contributed by atoms with E-state index in [0.717, 1.165) is 28.5 Å². The Morgan fingerprint density at radius 1 is 0.950 bits per heavy atom. The summed E-state index contributed by atoms with van der Waals surface area (Å²) in [6.45, 7) is 2.11. The van der Waals surface area contributed by atoms with E-state index >= 15 is 0 Å². The molecule has 0 spiro atoms. The normalized spacial score (nSPS) is 14.1. The first-order valence-electron chi connectivity index (χ1n) is 6.94. The maximum absolute atomic E-state index is 6.69. The van der Waals surface area contributed by atoms with Crippen LogP contribution in [0, 0.1) is 0 Å². The Labute approximate surface area is 119 Å². The van der Waals surface area contributed by atoms with Crippen LogP contribution in [0.4, 0.5) is 0 Å². The summed E-state index contributed by atoms with van der Waals surface area (Å²) < 4.78 is 0. The van der Waals surface area contributed by atoms with Gasteiger partial charge in [-0.15, -0.1) is 0 Å². The van der Waals surface area contributed by atoms with Crippen molar-refractivity contribution in [2.75, 3.05) is 0 Å². The number of hydrogen-bond donors (Lipinski definition) is 1. The monoisotopic (exact) mass is 262 g/mol. The van der Waals surface area contributed by atoms with Crippen molar-refractivity contribution in [2.24, 2.45) is 5.73 Å². The van der Waals surface area contributed by atoms with Crippen molar-refractivity contribution in [3.63, 3.8) is 0 Å². The summed E-state index contributed by atoms with van der Waals surface area (Å²) in [4.78, 5) is 4.54. The van der Waals surface area contributed by atoms with E-state index in [1.54, 1.807) is 0 Å². The summed E-state index contributed by atoms with van der Waals surface area (Å²) in [5, 5.41) is 1.13. The maximum Gasteiger partial charge on any atom is 0.0702 e. The van der Waals surface area contributed by atoms with Crippen LogP contribution in [-0.4, -0.2) is 4.98 Å². The number of aromatic nitrogens is 1. The van der Waals surface area contributed by atoms with Crippen molar-refractivity contribution >= 4 is 10.9 Å². The number of nitrogens with two attached hydrogens (primary N) is 1. The van der Waals surface area contributed by atoms with Crippen molar-refractivity contribution in [1.82, 2.24) is 4.98 Å². The van der Waals surface area contributed by atoms with Crippen LogP contribution < -0.4 is 5.73 Å². The molecule has 1 atom stereocenters. The molecule has 0 aliphatic heterocycles. The van der Waals surface area contributed by atoms with Gasteiger partial charge < -0.3 is 5.73 Å². The molecule has 0 aliphatic carbocycles. The Bertz CT molecular complexity index is 722. The zero-order valence-electron chi connectivity index (χ0n) is 11.6. The average molecular weight is 262 g/mol. The molecule has 2 nitrogen and oxygen atoms in total. The van der Waals surface area contributed by atoms with Gasteiger partial charge in [0.15, 0.2) is 0 Å². The molecular weight excluding hydrogens is 244 g/mol. The van der Waals surface area contributed by atoms with Crippen molar-refractivity contribution in [3.8, 4) is 0 Å². The number of rotatable bonds is 3. The number of fused-ring (bicyclic) bond motifs is 1. The number of pyridine rings is 1. The molecule has 2 aromatic carbocycles. The highest BCUT2D eigenvalue weighted by molar-refractivity contribution is 5.79. The standard InChI is InChI=1S/C18H18N2/c1-2-18(19,15-9-4-3-5-10-15)16-12-14-8-6-7-11-17(14)20-13-16/h3-13H,2,19H2,1H3. The number of hydrogen-bond acceptors (Lipinski definition) is 2. The zero-order valence-corrected chi connectivity index (χ0v) is 11.6.